The second-order valence-corrected chi connectivity index (χ2v) is 7.68. The Hall–Kier alpha value is -3.22. The quantitative estimate of drug-likeness (QED) is 0.610. The van der Waals surface area contributed by atoms with Gasteiger partial charge in [0.05, 0.1) is 6.54 Å². The topological polar surface area (TPSA) is 61.6 Å². The third kappa shape index (κ3) is 6.38. The molecule has 1 aromatic heterocycles. The first-order valence-corrected chi connectivity index (χ1v) is 10.7. The van der Waals surface area contributed by atoms with E-state index in [9.17, 15) is 4.79 Å². The van der Waals surface area contributed by atoms with Gasteiger partial charge in [0.25, 0.3) is 5.91 Å². The van der Waals surface area contributed by atoms with Gasteiger partial charge in [0.15, 0.2) is 5.69 Å². The minimum absolute atomic E-state index is 0.214. The average Bonchev–Trinajstić information content (AvgIpc) is 3.29. The summed E-state index contributed by atoms with van der Waals surface area (Å²) in [4.78, 5) is 21.4. The van der Waals surface area contributed by atoms with E-state index in [2.05, 4.69) is 56.5 Å². The van der Waals surface area contributed by atoms with Gasteiger partial charge in [-0.05, 0) is 11.1 Å². The molecule has 2 heterocycles. The molecule has 0 bridgehead atoms. The molecule has 1 saturated heterocycles. The number of aromatic nitrogens is 1. The molecule has 1 aliphatic heterocycles. The maximum absolute atomic E-state index is 12.3. The monoisotopic (exact) mass is 416 g/mol. The number of carbonyl (C=O) groups excluding carboxylic acids is 1. The molecule has 160 valence electrons. The van der Waals surface area contributed by atoms with Gasteiger partial charge < -0.3 is 9.73 Å². The predicted octanol–water partition coefficient (Wildman–Crippen LogP) is 3.44. The molecule has 1 amide bonds. The van der Waals surface area contributed by atoms with E-state index in [0.29, 0.717) is 24.7 Å². The van der Waals surface area contributed by atoms with Crippen LogP contribution in [0.1, 0.15) is 27.5 Å². The fraction of sp³-hybridized carbons (Fsp3) is 0.280. The molecule has 0 atom stereocenters. The van der Waals surface area contributed by atoms with Crippen molar-refractivity contribution >= 4 is 12.0 Å². The van der Waals surface area contributed by atoms with Crippen LogP contribution in [0, 0.1) is 0 Å². The summed E-state index contributed by atoms with van der Waals surface area (Å²) in [6, 6.07) is 20.2. The maximum Gasteiger partial charge on any atom is 0.273 e. The number of carbonyl (C=O) groups is 1. The molecule has 2 aromatic carbocycles. The van der Waals surface area contributed by atoms with Crippen molar-refractivity contribution in [1.82, 2.24) is 20.1 Å². The first kappa shape index (κ1) is 21.0. The number of benzene rings is 2. The van der Waals surface area contributed by atoms with E-state index >= 15 is 0 Å². The molecule has 4 rings (SSSR count). The number of amides is 1. The van der Waals surface area contributed by atoms with Crippen LogP contribution in [-0.2, 0) is 13.1 Å². The molecule has 1 N–H and O–H groups in total. The highest BCUT2D eigenvalue weighted by Crippen LogP contribution is 2.10. The smallest absolute Gasteiger partial charge is 0.273 e. The zero-order chi connectivity index (χ0) is 21.3. The second kappa shape index (κ2) is 10.7. The van der Waals surface area contributed by atoms with Gasteiger partial charge >= 0.3 is 0 Å². The van der Waals surface area contributed by atoms with Crippen LogP contribution in [0.5, 0.6) is 0 Å². The number of piperazine rings is 1. The van der Waals surface area contributed by atoms with Crippen LogP contribution in [0.15, 0.2) is 77.4 Å². The molecule has 6 nitrogen and oxygen atoms in total. The van der Waals surface area contributed by atoms with Crippen molar-refractivity contribution in [2.45, 2.75) is 13.1 Å². The molecule has 1 fully saturated rings. The van der Waals surface area contributed by atoms with Gasteiger partial charge in [-0.25, -0.2) is 4.98 Å². The number of hydrogen-bond acceptors (Lipinski definition) is 5. The van der Waals surface area contributed by atoms with E-state index < -0.39 is 0 Å². The number of hydrogen-bond donors (Lipinski definition) is 1. The van der Waals surface area contributed by atoms with Gasteiger partial charge in [0.1, 0.15) is 6.26 Å². The SMILES string of the molecule is O=C(NCc1ccccc1)c1coc(CN2CCN(CC=Cc3ccccc3)CC2)n1. The Bertz CT molecular complexity index is 977. The molecule has 0 unspecified atom stereocenters. The van der Waals surface area contributed by atoms with Crippen molar-refractivity contribution in [3.8, 4) is 0 Å². The van der Waals surface area contributed by atoms with E-state index in [1.165, 1.54) is 11.8 Å². The lowest BCUT2D eigenvalue weighted by Gasteiger charge is -2.33. The summed E-state index contributed by atoms with van der Waals surface area (Å²) in [6.07, 6.45) is 5.84. The van der Waals surface area contributed by atoms with Crippen LogP contribution >= 0.6 is 0 Å². The van der Waals surface area contributed by atoms with Gasteiger partial charge in [-0.15, -0.1) is 0 Å². The molecule has 0 saturated carbocycles. The van der Waals surface area contributed by atoms with Gasteiger partial charge in [-0.2, -0.15) is 0 Å². The molecule has 0 radical (unpaired) electrons. The molecule has 31 heavy (non-hydrogen) atoms. The fourth-order valence-electron chi connectivity index (χ4n) is 3.58. The average molecular weight is 417 g/mol. The van der Waals surface area contributed by atoms with E-state index in [0.717, 1.165) is 38.3 Å². The summed E-state index contributed by atoms with van der Waals surface area (Å²) >= 11 is 0. The van der Waals surface area contributed by atoms with Crippen molar-refractivity contribution in [2.75, 3.05) is 32.7 Å². The summed E-state index contributed by atoms with van der Waals surface area (Å²) in [5.41, 5.74) is 2.61. The van der Waals surface area contributed by atoms with E-state index in [1.54, 1.807) is 0 Å². The largest absolute Gasteiger partial charge is 0.447 e. The van der Waals surface area contributed by atoms with Crippen LogP contribution in [0.4, 0.5) is 0 Å². The van der Waals surface area contributed by atoms with E-state index in [1.807, 2.05) is 36.4 Å². The predicted molar refractivity (Wildman–Crippen MR) is 121 cm³/mol. The van der Waals surface area contributed by atoms with Gasteiger partial charge in [-0.3, -0.25) is 14.6 Å². The van der Waals surface area contributed by atoms with Crippen molar-refractivity contribution in [1.29, 1.82) is 0 Å². The lowest BCUT2D eigenvalue weighted by atomic mass is 10.2. The molecule has 0 spiro atoms. The van der Waals surface area contributed by atoms with Crippen LogP contribution in [-0.4, -0.2) is 53.4 Å². The highest BCUT2D eigenvalue weighted by Gasteiger charge is 2.19. The molecule has 3 aromatic rings. The number of nitrogens with one attached hydrogen (secondary N) is 1. The van der Waals surface area contributed by atoms with Gasteiger partial charge in [0.2, 0.25) is 5.89 Å². The molecule has 0 aliphatic carbocycles. The summed E-state index contributed by atoms with van der Waals surface area (Å²) in [6.45, 7) is 5.97. The van der Waals surface area contributed by atoms with Crippen molar-refractivity contribution in [3.63, 3.8) is 0 Å². The Morgan fingerprint density at radius 2 is 1.65 bits per heavy atom. The Morgan fingerprint density at radius 3 is 2.39 bits per heavy atom. The number of oxazole rings is 1. The second-order valence-electron chi connectivity index (χ2n) is 7.68. The number of rotatable bonds is 8. The zero-order valence-corrected chi connectivity index (χ0v) is 17.6. The first-order chi connectivity index (χ1) is 15.3. The lowest BCUT2D eigenvalue weighted by molar-refractivity contribution is 0.0945. The standard InChI is InChI=1S/C25H28N4O2/c30-25(26-18-22-10-5-2-6-11-22)23-20-31-24(27-23)19-29-16-14-28(15-17-29)13-7-12-21-8-3-1-4-9-21/h1-12,20H,13-19H2,(H,26,30). The van der Waals surface area contributed by atoms with Gasteiger partial charge in [0, 0.05) is 39.3 Å². The molecule has 1 aliphatic rings. The van der Waals surface area contributed by atoms with Crippen LogP contribution in [0.2, 0.25) is 0 Å². The Morgan fingerprint density at radius 1 is 0.968 bits per heavy atom. The zero-order valence-electron chi connectivity index (χ0n) is 17.6. The summed E-state index contributed by atoms with van der Waals surface area (Å²) in [5.74, 6) is 0.371. The first-order valence-electron chi connectivity index (χ1n) is 10.7. The Labute approximate surface area is 183 Å². The third-order valence-electron chi connectivity index (χ3n) is 5.38. The normalized spacial score (nSPS) is 15.4. The fourth-order valence-corrected chi connectivity index (χ4v) is 3.58. The summed E-state index contributed by atoms with van der Waals surface area (Å²) in [7, 11) is 0. The Kier molecular flexibility index (Phi) is 7.26. The lowest BCUT2D eigenvalue weighted by Crippen LogP contribution is -2.45. The van der Waals surface area contributed by atoms with Crippen molar-refractivity contribution in [2.24, 2.45) is 0 Å². The van der Waals surface area contributed by atoms with Crippen LogP contribution in [0.25, 0.3) is 6.08 Å². The van der Waals surface area contributed by atoms with E-state index in [-0.39, 0.29) is 5.91 Å². The molecular weight excluding hydrogens is 388 g/mol. The third-order valence-corrected chi connectivity index (χ3v) is 5.38. The highest BCUT2D eigenvalue weighted by molar-refractivity contribution is 5.91. The molecular formula is C25H28N4O2. The number of nitrogens with zero attached hydrogens (tertiary/aromatic N) is 3. The summed E-state index contributed by atoms with van der Waals surface area (Å²) < 4.78 is 5.54. The van der Waals surface area contributed by atoms with Crippen LogP contribution in [0.3, 0.4) is 0 Å². The van der Waals surface area contributed by atoms with Crippen molar-refractivity contribution < 1.29 is 9.21 Å². The molecule has 6 heteroatoms. The minimum Gasteiger partial charge on any atom is -0.447 e. The van der Waals surface area contributed by atoms with E-state index in [4.69, 9.17) is 4.42 Å². The van der Waals surface area contributed by atoms with Crippen LogP contribution < -0.4 is 5.32 Å². The summed E-state index contributed by atoms with van der Waals surface area (Å²) in [5, 5.41) is 2.88. The van der Waals surface area contributed by atoms with Gasteiger partial charge in [-0.1, -0.05) is 72.8 Å². The highest BCUT2D eigenvalue weighted by atomic mass is 16.3. The van der Waals surface area contributed by atoms with Crippen molar-refractivity contribution in [3.05, 3.63) is 95.7 Å². The minimum atomic E-state index is -0.214. The Balaban J connectivity index is 1.19. The maximum atomic E-state index is 12.3.